The van der Waals surface area contributed by atoms with E-state index in [1.165, 1.54) is 0 Å². The molecule has 0 aliphatic rings. The summed E-state index contributed by atoms with van der Waals surface area (Å²) < 4.78 is 7.55. The lowest BCUT2D eigenvalue weighted by atomic mass is 10.2. The van der Waals surface area contributed by atoms with Gasteiger partial charge in [-0.2, -0.15) is 5.10 Å². The highest BCUT2D eigenvalue weighted by Gasteiger charge is 2.09. The SMILES string of the molecule is CCc1cc(COc2ccccc2C(N)=NO)n(C)n1. The smallest absolute Gasteiger partial charge is 0.173 e. The Bertz CT molecular complexity index is 619. The van der Waals surface area contributed by atoms with E-state index < -0.39 is 0 Å². The second kappa shape index (κ2) is 6.10. The summed E-state index contributed by atoms with van der Waals surface area (Å²) in [5.74, 6) is 0.599. The maximum absolute atomic E-state index is 8.77. The van der Waals surface area contributed by atoms with Crippen molar-refractivity contribution in [2.75, 3.05) is 0 Å². The number of aryl methyl sites for hydroxylation is 2. The van der Waals surface area contributed by atoms with Gasteiger partial charge in [-0.25, -0.2) is 0 Å². The number of oxime groups is 1. The predicted molar refractivity (Wildman–Crippen MR) is 75.9 cm³/mol. The zero-order chi connectivity index (χ0) is 14.5. The molecule has 1 aromatic carbocycles. The number of benzene rings is 1. The minimum atomic E-state index is 0.0276. The van der Waals surface area contributed by atoms with E-state index in [1.54, 1.807) is 22.9 Å². The highest BCUT2D eigenvalue weighted by atomic mass is 16.5. The number of nitrogens with two attached hydrogens (primary N) is 1. The largest absolute Gasteiger partial charge is 0.487 e. The van der Waals surface area contributed by atoms with Crippen LogP contribution in [0.1, 0.15) is 23.9 Å². The van der Waals surface area contributed by atoms with Crippen LogP contribution in [-0.4, -0.2) is 20.8 Å². The van der Waals surface area contributed by atoms with Crippen molar-refractivity contribution < 1.29 is 9.94 Å². The van der Waals surface area contributed by atoms with Crippen molar-refractivity contribution in [3.63, 3.8) is 0 Å². The second-order valence-corrected chi connectivity index (χ2v) is 4.37. The number of hydrogen-bond donors (Lipinski definition) is 2. The van der Waals surface area contributed by atoms with E-state index in [4.69, 9.17) is 15.7 Å². The molecule has 2 rings (SSSR count). The van der Waals surface area contributed by atoms with Crippen LogP contribution in [0, 0.1) is 0 Å². The average molecular weight is 274 g/mol. The van der Waals surface area contributed by atoms with Gasteiger partial charge in [-0.3, -0.25) is 4.68 Å². The standard InChI is InChI=1S/C14H18N4O2/c1-3-10-8-11(18(2)16-10)9-20-13-7-5-4-6-12(13)14(15)17-19/h4-8,19H,3,9H2,1-2H3,(H2,15,17). The molecule has 0 bridgehead atoms. The summed E-state index contributed by atoms with van der Waals surface area (Å²) in [6, 6.07) is 9.17. The summed E-state index contributed by atoms with van der Waals surface area (Å²) in [6.07, 6.45) is 0.883. The molecule has 6 nitrogen and oxygen atoms in total. The van der Waals surface area contributed by atoms with Crippen molar-refractivity contribution in [2.45, 2.75) is 20.0 Å². The molecular formula is C14H18N4O2. The van der Waals surface area contributed by atoms with Gasteiger partial charge in [-0.1, -0.05) is 24.2 Å². The van der Waals surface area contributed by atoms with Gasteiger partial charge >= 0.3 is 0 Å². The third-order valence-corrected chi connectivity index (χ3v) is 3.04. The molecule has 2 aromatic rings. The minimum Gasteiger partial charge on any atom is -0.487 e. The van der Waals surface area contributed by atoms with Gasteiger partial charge < -0.3 is 15.7 Å². The molecule has 0 fully saturated rings. The Labute approximate surface area is 117 Å². The van der Waals surface area contributed by atoms with Crippen LogP contribution >= 0.6 is 0 Å². The molecule has 0 unspecified atom stereocenters. The number of hydrogen-bond acceptors (Lipinski definition) is 4. The maximum Gasteiger partial charge on any atom is 0.173 e. The fraction of sp³-hybridized carbons (Fsp3) is 0.286. The van der Waals surface area contributed by atoms with Gasteiger partial charge in [-0.15, -0.1) is 0 Å². The first-order valence-electron chi connectivity index (χ1n) is 6.37. The summed E-state index contributed by atoms with van der Waals surface area (Å²) in [7, 11) is 1.88. The van der Waals surface area contributed by atoms with E-state index in [0.717, 1.165) is 17.8 Å². The summed E-state index contributed by atoms with van der Waals surface area (Å²) in [5, 5.41) is 16.1. The van der Waals surface area contributed by atoms with E-state index in [9.17, 15) is 0 Å². The van der Waals surface area contributed by atoms with Gasteiger partial charge in [0.05, 0.1) is 17.0 Å². The second-order valence-electron chi connectivity index (χ2n) is 4.37. The Kier molecular flexibility index (Phi) is 4.24. The van der Waals surface area contributed by atoms with Crippen LogP contribution in [0.2, 0.25) is 0 Å². The number of para-hydroxylation sites is 1. The van der Waals surface area contributed by atoms with Crippen LogP contribution in [-0.2, 0) is 20.1 Å². The van der Waals surface area contributed by atoms with Crippen LogP contribution in [0.25, 0.3) is 0 Å². The molecule has 6 heteroatoms. The summed E-state index contributed by atoms with van der Waals surface area (Å²) in [5.41, 5.74) is 8.18. The van der Waals surface area contributed by atoms with Crippen molar-refractivity contribution in [3.05, 3.63) is 47.3 Å². The van der Waals surface area contributed by atoms with Gasteiger partial charge in [0.2, 0.25) is 0 Å². The third-order valence-electron chi connectivity index (χ3n) is 3.04. The lowest BCUT2D eigenvalue weighted by molar-refractivity contribution is 0.293. The van der Waals surface area contributed by atoms with Gasteiger partial charge in [0.25, 0.3) is 0 Å². The average Bonchev–Trinajstić information content (AvgIpc) is 2.85. The molecule has 0 aliphatic carbocycles. The number of rotatable bonds is 5. The molecule has 3 N–H and O–H groups in total. The lowest BCUT2D eigenvalue weighted by Gasteiger charge is -2.10. The molecule has 0 saturated heterocycles. The highest BCUT2D eigenvalue weighted by molar-refractivity contribution is 5.99. The van der Waals surface area contributed by atoms with Gasteiger partial charge in [-0.05, 0) is 24.6 Å². The zero-order valence-electron chi connectivity index (χ0n) is 11.6. The van der Waals surface area contributed by atoms with E-state index >= 15 is 0 Å². The molecule has 0 saturated carbocycles. The van der Waals surface area contributed by atoms with E-state index in [1.807, 2.05) is 19.2 Å². The molecule has 20 heavy (non-hydrogen) atoms. The molecular weight excluding hydrogens is 256 g/mol. The Morgan fingerprint density at radius 1 is 1.45 bits per heavy atom. The Balaban J connectivity index is 2.16. The lowest BCUT2D eigenvalue weighted by Crippen LogP contribution is -2.15. The zero-order valence-corrected chi connectivity index (χ0v) is 11.6. The molecule has 0 amide bonds. The van der Waals surface area contributed by atoms with E-state index in [2.05, 4.69) is 17.2 Å². The first-order valence-corrected chi connectivity index (χ1v) is 6.37. The molecule has 0 radical (unpaired) electrons. The van der Waals surface area contributed by atoms with Gasteiger partial charge in [0, 0.05) is 7.05 Å². The maximum atomic E-state index is 8.77. The van der Waals surface area contributed by atoms with Crippen molar-refractivity contribution >= 4 is 5.84 Å². The number of nitrogens with zero attached hydrogens (tertiary/aromatic N) is 3. The van der Waals surface area contributed by atoms with Gasteiger partial charge in [0.1, 0.15) is 12.4 Å². The first kappa shape index (κ1) is 13.9. The summed E-state index contributed by atoms with van der Waals surface area (Å²) in [6.45, 7) is 2.43. The molecule has 1 heterocycles. The van der Waals surface area contributed by atoms with Crippen molar-refractivity contribution in [3.8, 4) is 5.75 Å². The van der Waals surface area contributed by atoms with Crippen LogP contribution < -0.4 is 10.5 Å². The normalized spacial score (nSPS) is 11.6. The highest BCUT2D eigenvalue weighted by Crippen LogP contribution is 2.19. The van der Waals surface area contributed by atoms with Crippen molar-refractivity contribution in [1.29, 1.82) is 0 Å². The molecule has 0 aliphatic heterocycles. The molecule has 106 valence electrons. The molecule has 0 spiro atoms. The van der Waals surface area contributed by atoms with Crippen LogP contribution in [0.15, 0.2) is 35.5 Å². The molecule has 0 atom stereocenters. The Hall–Kier alpha value is -2.50. The van der Waals surface area contributed by atoms with Crippen LogP contribution in [0.4, 0.5) is 0 Å². The Morgan fingerprint density at radius 2 is 2.20 bits per heavy atom. The fourth-order valence-corrected chi connectivity index (χ4v) is 1.89. The number of aromatic nitrogens is 2. The molecule has 1 aromatic heterocycles. The van der Waals surface area contributed by atoms with Crippen LogP contribution in [0.5, 0.6) is 5.75 Å². The van der Waals surface area contributed by atoms with Crippen molar-refractivity contribution in [2.24, 2.45) is 17.9 Å². The monoisotopic (exact) mass is 274 g/mol. The van der Waals surface area contributed by atoms with Gasteiger partial charge in [0.15, 0.2) is 5.84 Å². The topological polar surface area (TPSA) is 85.7 Å². The van der Waals surface area contributed by atoms with E-state index in [0.29, 0.717) is 17.9 Å². The third kappa shape index (κ3) is 2.90. The van der Waals surface area contributed by atoms with Crippen molar-refractivity contribution in [1.82, 2.24) is 9.78 Å². The number of amidine groups is 1. The first-order chi connectivity index (χ1) is 9.65. The predicted octanol–water partition coefficient (Wildman–Crippen LogP) is 1.66. The minimum absolute atomic E-state index is 0.0276. The number of ether oxygens (including phenoxy) is 1. The van der Waals surface area contributed by atoms with Crippen LogP contribution in [0.3, 0.4) is 0 Å². The summed E-state index contributed by atoms with van der Waals surface area (Å²) in [4.78, 5) is 0. The Morgan fingerprint density at radius 3 is 2.85 bits per heavy atom. The quantitative estimate of drug-likeness (QED) is 0.376. The fourth-order valence-electron chi connectivity index (χ4n) is 1.89. The summed E-state index contributed by atoms with van der Waals surface area (Å²) >= 11 is 0. The van der Waals surface area contributed by atoms with E-state index in [-0.39, 0.29) is 5.84 Å².